The van der Waals surface area contributed by atoms with E-state index in [2.05, 4.69) is 47.8 Å². The summed E-state index contributed by atoms with van der Waals surface area (Å²) in [5.41, 5.74) is 1.34. The van der Waals surface area contributed by atoms with E-state index in [1.165, 1.54) is 5.56 Å². The van der Waals surface area contributed by atoms with E-state index in [4.69, 9.17) is 4.74 Å². The van der Waals surface area contributed by atoms with Crippen LogP contribution < -0.4 is 20.7 Å². The molecule has 5 nitrogen and oxygen atoms in total. The summed E-state index contributed by atoms with van der Waals surface area (Å²) in [7, 11) is 1.80. The second-order valence-corrected chi connectivity index (χ2v) is 6.55. The number of nitrogens with one attached hydrogen (secondary N) is 3. The van der Waals surface area contributed by atoms with Gasteiger partial charge in [0, 0.05) is 37.7 Å². The first-order chi connectivity index (χ1) is 10.5. The summed E-state index contributed by atoms with van der Waals surface area (Å²) in [6, 6.07) is 8.43. The summed E-state index contributed by atoms with van der Waals surface area (Å²) in [6.07, 6.45) is 0.942. The first-order valence-corrected chi connectivity index (χ1v) is 7.93. The fraction of sp³-hybridized carbons (Fsp3) is 0.588. The van der Waals surface area contributed by atoms with Gasteiger partial charge >= 0.3 is 0 Å². The number of nitrogens with zero attached hydrogens (tertiary/aromatic N) is 1. The minimum absolute atomic E-state index is 0.137. The van der Waals surface area contributed by atoms with Gasteiger partial charge in [-0.25, -0.2) is 0 Å². The normalized spacial score (nSPS) is 18.4. The van der Waals surface area contributed by atoms with Crippen molar-refractivity contribution in [3.05, 3.63) is 29.8 Å². The number of rotatable bonds is 4. The van der Waals surface area contributed by atoms with Crippen LogP contribution in [0.25, 0.3) is 0 Å². The zero-order chi connectivity index (χ0) is 16.0. The van der Waals surface area contributed by atoms with Crippen molar-refractivity contribution in [2.45, 2.75) is 38.8 Å². The fourth-order valence-electron chi connectivity index (χ4n) is 2.47. The van der Waals surface area contributed by atoms with Gasteiger partial charge in [0.2, 0.25) is 0 Å². The molecule has 0 amide bonds. The van der Waals surface area contributed by atoms with Crippen molar-refractivity contribution in [1.29, 1.82) is 0 Å². The number of ether oxygens (including phenoxy) is 1. The highest BCUT2D eigenvalue weighted by molar-refractivity contribution is 5.80. The van der Waals surface area contributed by atoms with Crippen molar-refractivity contribution in [3.63, 3.8) is 0 Å². The van der Waals surface area contributed by atoms with Gasteiger partial charge in [-0.1, -0.05) is 18.2 Å². The van der Waals surface area contributed by atoms with Gasteiger partial charge in [-0.3, -0.25) is 4.99 Å². The molecule has 1 atom stereocenters. The smallest absolute Gasteiger partial charge is 0.191 e. The molecule has 1 aliphatic rings. The fourth-order valence-corrected chi connectivity index (χ4v) is 2.47. The zero-order valence-corrected chi connectivity index (χ0v) is 14.1. The Labute approximate surface area is 133 Å². The highest BCUT2D eigenvalue weighted by Crippen LogP contribution is 2.31. The number of hydrogen-bond acceptors (Lipinski definition) is 3. The van der Waals surface area contributed by atoms with E-state index < -0.39 is 0 Å². The van der Waals surface area contributed by atoms with E-state index in [9.17, 15) is 0 Å². The summed E-state index contributed by atoms with van der Waals surface area (Å²) >= 11 is 0. The Kier molecular flexibility index (Phi) is 5.66. The molecule has 1 aliphatic heterocycles. The van der Waals surface area contributed by atoms with Gasteiger partial charge in [-0.05, 0) is 26.8 Å². The molecule has 0 aliphatic carbocycles. The monoisotopic (exact) mass is 304 g/mol. The molecule has 1 aromatic carbocycles. The summed E-state index contributed by atoms with van der Waals surface area (Å²) in [5.74, 6) is 1.80. The highest BCUT2D eigenvalue weighted by Gasteiger charge is 2.21. The van der Waals surface area contributed by atoms with Gasteiger partial charge in [0.1, 0.15) is 5.75 Å². The highest BCUT2D eigenvalue weighted by atomic mass is 16.5. The Hall–Kier alpha value is -1.75. The Morgan fingerprint density at radius 2 is 2.05 bits per heavy atom. The predicted molar refractivity (Wildman–Crippen MR) is 91.5 cm³/mol. The quantitative estimate of drug-likeness (QED) is 0.453. The molecule has 0 saturated heterocycles. The van der Waals surface area contributed by atoms with Gasteiger partial charge in [-0.2, -0.15) is 0 Å². The maximum atomic E-state index is 5.69. The second-order valence-electron chi connectivity index (χ2n) is 6.55. The van der Waals surface area contributed by atoms with Crippen LogP contribution in [0, 0.1) is 0 Å². The van der Waals surface area contributed by atoms with Crippen LogP contribution in [0.2, 0.25) is 0 Å². The average molecular weight is 304 g/mol. The summed E-state index contributed by atoms with van der Waals surface area (Å²) in [4.78, 5) is 4.31. The van der Waals surface area contributed by atoms with Crippen molar-refractivity contribution in [1.82, 2.24) is 16.0 Å². The molecule has 5 heteroatoms. The minimum Gasteiger partial charge on any atom is -0.493 e. The maximum absolute atomic E-state index is 5.69. The summed E-state index contributed by atoms with van der Waals surface area (Å²) in [6.45, 7) is 8.96. The van der Waals surface area contributed by atoms with Crippen LogP contribution in [0.3, 0.4) is 0 Å². The molecule has 0 spiro atoms. The number of para-hydroxylation sites is 1. The van der Waals surface area contributed by atoms with E-state index in [0.717, 1.165) is 37.8 Å². The molecule has 0 fully saturated rings. The first-order valence-electron chi connectivity index (χ1n) is 7.93. The van der Waals surface area contributed by atoms with Crippen molar-refractivity contribution in [3.8, 4) is 5.75 Å². The molecule has 1 unspecified atom stereocenters. The lowest BCUT2D eigenvalue weighted by Gasteiger charge is -2.28. The van der Waals surface area contributed by atoms with Crippen molar-refractivity contribution in [2.24, 2.45) is 4.99 Å². The van der Waals surface area contributed by atoms with E-state index in [0.29, 0.717) is 0 Å². The Morgan fingerprint density at radius 3 is 2.77 bits per heavy atom. The van der Waals surface area contributed by atoms with Crippen LogP contribution in [0.15, 0.2) is 29.3 Å². The number of fused-ring (bicyclic) bond motifs is 1. The average Bonchev–Trinajstić information content (AvgIpc) is 2.49. The molecule has 0 radical (unpaired) electrons. The van der Waals surface area contributed by atoms with Crippen LogP contribution in [0.1, 0.15) is 38.8 Å². The molecule has 0 aromatic heterocycles. The van der Waals surface area contributed by atoms with E-state index >= 15 is 0 Å². The van der Waals surface area contributed by atoms with E-state index in [-0.39, 0.29) is 11.6 Å². The maximum Gasteiger partial charge on any atom is 0.191 e. The molecule has 122 valence electrons. The number of aliphatic imine (C=N–C) groups is 1. The lowest BCUT2D eigenvalue weighted by molar-refractivity contribution is 0.261. The lowest BCUT2D eigenvalue weighted by Crippen LogP contribution is -2.45. The second kappa shape index (κ2) is 7.49. The summed E-state index contributed by atoms with van der Waals surface area (Å²) in [5, 5.41) is 10.3. The Balaban J connectivity index is 1.87. The van der Waals surface area contributed by atoms with Crippen LogP contribution in [-0.2, 0) is 0 Å². The third-order valence-electron chi connectivity index (χ3n) is 3.57. The third kappa shape index (κ3) is 4.91. The standard InChI is InChI=1S/C17H28N4O/c1-17(2,3)20-11-10-19-16(18-4)21-14-9-12-22-15-8-6-5-7-13(14)15/h5-8,14,20H,9-12H2,1-4H3,(H2,18,19,21). The number of guanidine groups is 1. The summed E-state index contributed by atoms with van der Waals surface area (Å²) < 4.78 is 5.69. The topological polar surface area (TPSA) is 57.7 Å². The zero-order valence-electron chi connectivity index (χ0n) is 14.1. The third-order valence-corrected chi connectivity index (χ3v) is 3.57. The lowest BCUT2D eigenvalue weighted by atomic mass is 10.0. The van der Waals surface area contributed by atoms with Gasteiger partial charge in [0.05, 0.1) is 12.6 Å². The van der Waals surface area contributed by atoms with Crippen LogP contribution >= 0.6 is 0 Å². The Bertz CT molecular complexity index is 508. The Morgan fingerprint density at radius 1 is 1.27 bits per heavy atom. The SMILES string of the molecule is CN=C(NCCNC(C)(C)C)NC1CCOc2ccccc21. The van der Waals surface area contributed by atoms with E-state index in [1.54, 1.807) is 7.05 Å². The largest absolute Gasteiger partial charge is 0.493 e. The van der Waals surface area contributed by atoms with Crippen molar-refractivity contribution < 1.29 is 4.74 Å². The van der Waals surface area contributed by atoms with Gasteiger partial charge in [0.25, 0.3) is 0 Å². The van der Waals surface area contributed by atoms with Crippen molar-refractivity contribution >= 4 is 5.96 Å². The molecule has 3 N–H and O–H groups in total. The molecule has 2 rings (SSSR count). The van der Waals surface area contributed by atoms with Gasteiger partial charge in [0.15, 0.2) is 5.96 Å². The number of hydrogen-bond donors (Lipinski definition) is 3. The minimum atomic E-state index is 0.137. The number of benzene rings is 1. The van der Waals surface area contributed by atoms with Crippen LogP contribution in [0.4, 0.5) is 0 Å². The van der Waals surface area contributed by atoms with Gasteiger partial charge in [-0.15, -0.1) is 0 Å². The molecular weight excluding hydrogens is 276 g/mol. The van der Waals surface area contributed by atoms with E-state index in [1.807, 2.05) is 18.2 Å². The van der Waals surface area contributed by atoms with Crippen molar-refractivity contribution in [2.75, 3.05) is 26.7 Å². The molecule has 22 heavy (non-hydrogen) atoms. The van der Waals surface area contributed by atoms with Gasteiger partial charge < -0.3 is 20.7 Å². The van der Waals surface area contributed by atoms with Crippen LogP contribution in [-0.4, -0.2) is 38.2 Å². The first kappa shape index (κ1) is 16.6. The molecule has 1 heterocycles. The molecule has 0 bridgehead atoms. The molecule has 1 aromatic rings. The predicted octanol–water partition coefficient (Wildman–Crippen LogP) is 2.06. The molecule has 0 saturated carbocycles. The molecular formula is C17H28N4O. The van der Waals surface area contributed by atoms with Crippen LogP contribution in [0.5, 0.6) is 5.75 Å².